The largest absolute Gasteiger partial charge is 0.495 e. The summed E-state index contributed by atoms with van der Waals surface area (Å²) in [4.78, 5) is 12.6. The molecule has 1 amide bonds. The van der Waals surface area contributed by atoms with Crippen LogP contribution < -0.4 is 10.1 Å². The van der Waals surface area contributed by atoms with Crippen molar-refractivity contribution in [3.05, 3.63) is 70.2 Å². The summed E-state index contributed by atoms with van der Waals surface area (Å²) in [6.07, 6.45) is 0. The lowest BCUT2D eigenvalue weighted by Gasteiger charge is -2.11. The van der Waals surface area contributed by atoms with E-state index in [4.69, 9.17) is 32.4 Å². The molecule has 0 saturated carbocycles. The molecule has 0 spiro atoms. The third kappa shape index (κ3) is 2.87. The first kappa shape index (κ1) is 16.8. The average molecular weight is 386 g/mol. The van der Waals surface area contributed by atoms with Crippen LogP contribution in [0, 0.1) is 0 Å². The summed E-state index contributed by atoms with van der Waals surface area (Å²) in [6.45, 7) is 0. The number of carbonyl (C=O) groups is 1. The molecule has 0 fully saturated rings. The van der Waals surface area contributed by atoms with Gasteiger partial charge >= 0.3 is 0 Å². The number of ether oxygens (including phenoxy) is 1. The number of rotatable bonds is 3. The molecule has 0 unspecified atom stereocenters. The summed E-state index contributed by atoms with van der Waals surface area (Å²) in [7, 11) is 1.55. The lowest BCUT2D eigenvalue weighted by atomic mass is 10.1. The monoisotopic (exact) mass is 385 g/mol. The maximum absolute atomic E-state index is 12.6. The van der Waals surface area contributed by atoms with Gasteiger partial charge in [0, 0.05) is 22.4 Å². The average Bonchev–Trinajstić information content (AvgIpc) is 3.00. The van der Waals surface area contributed by atoms with Crippen molar-refractivity contribution in [1.29, 1.82) is 0 Å². The van der Waals surface area contributed by atoms with Gasteiger partial charge in [-0.3, -0.25) is 4.79 Å². The number of hydrogen-bond acceptors (Lipinski definition) is 3. The van der Waals surface area contributed by atoms with Crippen molar-refractivity contribution < 1.29 is 13.9 Å². The highest BCUT2D eigenvalue weighted by Gasteiger charge is 2.15. The number of hydrogen-bond donors (Lipinski definition) is 1. The first-order valence-electron chi connectivity index (χ1n) is 7.82. The zero-order chi connectivity index (χ0) is 18.3. The quantitative estimate of drug-likeness (QED) is 0.459. The highest BCUT2D eigenvalue weighted by Crippen LogP contribution is 2.36. The Labute approximate surface area is 159 Å². The van der Waals surface area contributed by atoms with Gasteiger partial charge in [-0.1, -0.05) is 41.4 Å². The van der Waals surface area contributed by atoms with E-state index in [2.05, 4.69) is 5.32 Å². The van der Waals surface area contributed by atoms with Gasteiger partial charge in [0.05, 0.1) is 22.8 Å². The van der Waals surface area contributed by atoms with Crippen LogP contribution in [-0.4, -0.2) is 13.0 Å². The van der Waals surface area contributed by atoms with E-state index in [1.807, 2.05) is 30.3 Å². The second-order valence-corrected chi connectivity index (χ2v) is 6.54. The highest BCUT2D eigenvalue weighted by molar-refractivity contribution is 6.42. The number of nitrogens with one attached hydrogen (secondary N) is 1. The van der Waals surface area contributed by atoms with E-state index in [0.29, 0.717) is 32.6 Å². The summed E-state index contributed by atoms with van der Waals surface area (Å²) in [5, 5.41) is 5.46. The van der Waals surface area contributed by atoms with E-state index < -0.39 is 0 Å². The zero-order valence-corrected chi connectivity index (χ0v) is 15.2. The number of halogens is 2. The summed E-state index contributed by atoms with van der Waals surface area (Å²) >= 11 is 11.9. The number of benzene rings is 3. The van der Waals surface area contributed by atoms with Gasteiger partial charge in [0.1, 0.15) is 16.9 Å². The molecule has 4 aromatic rings. The smallest absolute Gasteiger partial charge is 0.255 e. The van der Waals surface area contributed by atoms with Gasteiger partial charge < -0.3 is 14.5 Å². The Balaban J connectivity index is 1.76. The fourth-order valence-corrected chi connectivity index (χ4v) is 3.15. The first-order chi connectivity index (χ1) is 12.6. The first-order valence-corrected chi connectivity index (χ1v) is 8.58. The fourth-order valence-electron chi connectivity index (χ4n) is 2.85. The molecule has 0 bridgehead atoms. The number of para-hydroxylation sites is 1. The van der Waals surface area contributed by atoms with E-state index in [0.717, 1.165) is 16.4 Å². The molecule has 0 radical (unpaired) electrons. The Kier molecular flexibility index (Phi) is 4.23. The number of anilines is 1. The lowest BCUT2D eigenvalue weighted by Crippen LogP contribution is -2.12. The normalized spacial score (nSPS) is 11.0. The van der Waals surface area contributed by atoms with Crippen molar-refractivity contribution in [3.63, 3.8) is 0 Å². The van der Waals surface area contributed by atoms with Crippen LogP contribution in [0.5, 0.6) is 5.75 Å². The molecule has 1 heterocycles. The maximum atomic E-state index is 12.6. The Bertz CT molecular complexity index is 1150. The summed E-state index contributed by atoms with van der Waals surface area (Å²) < 4.78 is 11.3. The number of methoxy groups -OCH3 is 1. The van der Waals surface area contributed by atoms with Crippen LogP contribution in [0.25, 0.3) is 21.9 Å². The van der Waals surface area contributed by atoms with Crippen LogP contribution in [0.2, 0.25) is 10.0 Å². The molecule has 4 rings (SSSR count). The molecule has 26 heavy (non-hydrogen) atoms. The molecule has 0 atom stereocenters. The van der Waals surface area contributed by atoms with Gasteiger partial charge in [-0.2, -0.15) is 0 Å². The van der Waals surface area contributed by atoms with Gasteiger partial charge in [0.15, 0.2) is 0 Å². The Morgan fingerprint density at radius 1 is 0.962 bits per heavy atom. The highest BCUT2D eigenvalue weighted by atomic mass is 35.5. The van der Waals surface area contributed by atoms with Gasteiger partial charge in [0.2, 0.25) is 0 Å². The minimum absolute atomic E-state index is 0.319. The lowest BCUT2D eigenvalue weighted by molar-refractivity contribution is 0.102. The Morgan fingerprint density at radius 2 is 1.77 bits per heavy atom. The topological polar surface area (TPSA) is 51.5 Å². The summed E-state index contributed by atoms with van der Waals surface area (Å²) in [6, 6.07) is 16.1. The molecular weight excluding hydrogens is 373 g/mol. The van der Waals surface area contributed by atoms with E-state index in [1.54, 1.807) is 25.3 Å². The minimum atomic E-state index is -0.322. The van der Waals surface area contributed by atoms with Crippen LogP contribution in [0.15, 0.2) is 59.0 Å². The predicted molar refractivity (Wildman–Crippen MR) is 105 cm³/mol. The SMILES string of the molecule is COc1cc2c(cc1NC(=O)c1ccc(Cl)c(Cl)c1)oc1ccccc12. The molecule has 1 aromatic heterocycles. The van der Waals surface area contributed by atoms with Crippen molar-refractivity contribution in [2.75, 3.05) is 12.4 Å². The molecule has 6 heteroatoms. The minimum Gasteiger partial charge on any atom is -0.495 e. The molecule has 3 aromatic carbocycles. The van der Waals surface area contributed by atoms with Crippen LogP contribution in [0.1, 0.15) is 10.4 Å². The van der Waals surface area contributed by atoms with Gasteiger partial charge in [-0.25, -0.2) is 0 Å². The molecule has 0 saturated heterocycles. The maximum Gasteiger partial charge on any atom is 0.255 e. The molecule has 4 nitrogen and oxygen atoms in total. The Hall–Kier alpha value is -2.69. The predicted octanol–water partition coefficient (Wildman–Crippen LogP) is 6.15. The van der Waals surface area contributed by atoms with Crippen molar-refractivity contribution in [1.82, 2.24) is 0 Å². The van der Waals surface area contributed by atoms with E-state index in [-0.39, 0.29) is 5.91 Å². The number of carbonyl (C=O) groups excluding carboxylic acids is 1. The number of amides is 1. The van der Waals surface area contributed by atoms with Gasteiger partial charge in [-0.15, -0.1) is 0 Å². The fraction of sp³-hybridized carbons (Fsp3) is 0.0500. The molecule has 0 aliphatic rings. The van der Waals surface area contributed by atoms with Crippen LogP contribution in [-0.2, 0) is 0 Å². The van der Waals surface area contributed by atoms with E-state index >= 15 is 0 Å². The van der Waals surface area contributed by atoms with Gasteiger partial charge in [0.25, 0.3) is 5.91 Å². The molecule has 0 aliphatic carbocycles. The van der Waals surface area contributed by atoms with E-state index in [1.165, 1.54) is 6.07 Å². The van der Waals surface area contributed by atoms with Crippen molar-refractivity contribution in [2.24, 2.45) is 0 Å². The van der Waals surface area contributed by atoms with Crippen molar-refractivity contribution in [3.8, 4) is 5.75 Å². The van der Waals surface area contributed by atoms with Crippen molar-refractivity contribution in [2.45, 2.75) is 0 Å². The van der Waals surface area contributed by atoms with E-state index in [9.17, 15) is 4.79 Å². The number of furan rings is 1. The standard InChI is InChI=1S/C20H13Cl2NO3/c1-25-19-9-13-12-4-2-3-5-17(12)26-18(13)10-16(19)23-20(24)11-6-7-14(21)15(22)8-11/h2-10H,1H3,(H,23,24). The molecule has 130 valence electrons. The zero-order valence-electron chi connectivity index (χ0n) is 13.7. The second-order valence-electron chi connectivity index (χ2n) is 5.73. The second kappa shape index (κ2) is 6.56. The van der Waals surface area contributed by atoms with Crippen molar-refractivity contribution >= 4 is 56.7 Å². The summed E-state index contributed by atoms with van der Waals surface area (Å²) in [5.74, 6) is 0.217. The summed E-state index contributed by atoms with van der Waals surface area (Å²) in [5.41, 5.74) is 2.34. The van der Waals surface area contributed by atoms with Crippen LogP contribution in [0.3, 0.4) is 0 Å². The number of fused-ring (bicyclic) bond motifs is 3. The van der Waals surface area contributed by atoms with Gasteiger partial charge in [-0.05, 0) is 30.3 Å². The third-order valence-electron chi connectivity index (χ3n) is 4.13. The Morgan fingerprint density at radius 3 is 2.54 bits per heavy atom. The van der Waals surface area contributed by atoms with Crippen LogP contribution >= 0.6 is 23.2 Å². The van der Waals surface area contributed by atoms with Crippen LogP contribution in [0.4, 0.5) is 5.69 Å². The molecule has 1 N–H and O–H groups in total. The third-order valence-corrected chi connectivity index (χ3v) is 4.87. The molecule has 0 aliphatic heterocycles. The molecular formula is C20H13Cl2NO3.